The highest BCUT2D eigenvalue weighted by molar-refractivity contribution is 5.96. The summed E-state index contributed by atoms with van der Waals surface area (Å²) < 4.78 is 15.8. The lowest BCUT2D eigenvalue weighted by Gasteiger charge is -2.06. The van der Waals surface area contributed by atoms with Gasteiger partial charge in [-0.1, -0.05) is 24.3 Å². The summed E-state index contributed by atoms with van der Waals surface area (Å²) >= 11 is 0. The highest BCUT2D eigenvalue weighted by Crippen LogP contribution is 2.32. The van der Waals surface area contributed by atoms with Gasteiger partial charge in [0.1, 0.15) is 11.1 Å². The fourth-order valence-electron chi connectivity index (χ4n) is 2.91. The number of para-hydroxylation sites is 1. The summed E-state index contributed by atoms with van der Waals surface area (Å²) in [6, 6.07) is 14.5. The topological polar surface area (TPSA) is 77.8 Å². The molecule has 26 heavy (non-hydrogen) atoms. The Hall–Kier alpha value is -3.28. The third kappa shape index (κ3) is 3.26. The molecule has 6 heteroatoms. The first kappa shape index (κ1) is 16.2. The van der Waals surface area contributed by atoms with E-state index in [9.17, 15) is 9.59 Å². The summed E-state index contributed by atoms with van der Waals surface area (Å²) in [7, 11) is 0. The second-order valence-corrected chi connectivity index (χ2v) is 6.03. The summed E-state index contributed by atoms with van der Waals surface area (Å²) in [5, 5.41) is 3.49. The van der Waals surface area contributed by atoms with Gasteiger partial charge in [0, 0.05) is 11.9 Å². The van der Waals surface area contributed by atoms with Crippen molar-refractivity contribution in [2.24, 2.45) is 0 Å². The molecular weight excluding hydrogens is 334 g/mol. The highest BCUT2D eigenvalue weighted by Gasteiger charge is 2.14. The molecule has 1 aliphatic heterocycles. The predicted octanol–water partition coefficient (Wildman–Crippen LogP) is 2.88. The van der Waals surface area contributed by atoms with Crippen molar-refractivity contribution in [1.29, 1.82) is 0 Å². The number of ether oxygens (including phenoxy) is 2. The van der Waals surface area contributed by atoms with E-state index in [0.29, 0.717) is 12.1 Å². The minimum absolute atomic E-state index is 0.0202. The molecular formula is C20H17NO5. The SMILES string of the molecule is O=C(NCCCc1ccc2c(c1)OCO2)c1cc2ccccc2oc1=O. The average Bonchev–Trinajstić information content (AvgIpc) is 3.12. The molecule has 4 rings (SSSR count). The van der Waals surface area contributed by atoms with Crippen LogP contribution in [0.1, 0.15) is 22.3 Å². The molecule has 0 radical (unpaired) electrons. The molecule has 6 nitrogen and oxygen atoms in total. The summed E-state index contributed by atoms with van der Waals surface area (Å²) in [4.78, 5) is 24.3. The van der Waals surface area contributed by atoms with Gasteiger partial charge in [-0.25, -0.2) is 4.79 Å². The Morgan fingerprint density at radius 1 is 1.04 bits per heavy atom. The molecule has 3 aromatic rings. The minimum Gasteiger partial charge on any atom is -0.454 e. The van der Waals surface area contributed by atoms with Crippen molar-refractivity contribution < 1.29 is 18.7 Å². The molecule has 0 saturated carbocycles. The molecule has 1 aromatic heterocycles. The molecule has 0 saturated heterocycles. The molecule has 0 atom stereocenters. The first-order valence-corrected chi connectivity index (χ1v) is 8.40. The molecule has 1 aliphatic rings. The molecule has 0 bridgehead atoms. The smallest absolute Gasteiger partial charge is 0.349 e. The van der Waals surface area contributed by atoms with Crippen LogP contribution in [-0.4, -0.2) is 19.2 Å². The van der Waals surface area contributed by atoms with Gasteiger partial charge in [0.05, 0.1) is 0 Å². The maximum atomic E-state index is 12.3. The van der Waals surface area contributed by atoms with E-state index >= 15 is 0 Å². The second-order valence-electron chi connectivity index (χ2n) is 6.03. The first-order chi connectivity index (χ1) is 12.7. The fourth-order valence-corrected chi connectivity index (χ4v) is 2.91. The van der Waals surface area contributed by atoms with Crippen molar-refractivity contribution in [2.45, 2.75) is 12.8 Å². The van der Waals surface area contributed by atoms with Crippen LogP contribution in [0.2, 0.25) is 0 Å². The minimum atomic E-state index is -0.628. The van der Waals surface area contributed by atoms with Gasteiger partial charge < -0.3 is 19.2 Å². The summed E-state index contributed by atoms with van der Waals surface area (Å²) in [5.41, 5.74) is 0.967. The van der Waals surface area contributed by atoms with Crippen LogP contribution in [-0.2, 0) is 6.42 Å². The van der Waals surface area contributed by atoms with E-state index in [1.54, 1.807) is 24.3 Å². The van der Waals surface area contributed by atoms with Crippen LogP contribution in [0, 0.1) is 0 Å². The van der Waals surface area contributed by atoms with E-state index < -0.39 is 11.5 Å². The molecule has 2 aromatic carbocycles. The standard InChI is InChI=1S/C20H17NO5/c22-19(15-11-14-5-1-2-6-16(14)26-20(15)23)21-9-3-4-13-7-8-17-18(10-13)25-12-24-17/h1-2,5-8,10-11H,3-4,9,12H2,(H,21,22). The molecule has 1 amide bonds. The average molecular weight is 351 g/mol. The van der Waals surface area contributed by atoms with Gasteiger partial charge in [-0.15, -0.1) is 0 Å². The Kier molecular flexibility index (Phi) is 4.31. The lowest BCUT2D eigenvalue weighted by Crippen LogP contribution is -2.29. The quantitative estimate of drug-likeness (QED) is 0.565. The Morgan fingerprint density at radius 2 is 1.88 bits per heavy atom. The summed E-state index contributed by atoms with van der Waals surface area (Å²) in [5.74, 6) is 1.08. The number of nitrogens with one attached hydrogen (secondary N) is 1. The normalized spacial score (nSPS) is 12.3. The number of aryl methyl sites for hydroxylation is 1. The molecule has 2 heterocycles. The van der Waals surface area contributed by atoms with Gasteiger partial charge >= 0.3 is 5.63 Å². The number of fused-ring (bicyclic) bond motifs is 2. The fraction of sp³-hybridized carbons (Fsp3) is 0.200. The van der Waals surface area contributed by atoms with Gasteiger partial charge in [-0.2, -0.15) is 0 Å². The Balaban J connectivity index is 1.35. The van der Waals surface area contributed by atoms with E-state index in [1.807, 2.05) is 24.3 Å². The van der Waals surface area contributed by atoms with E-state index in [2.05, 4.69) is 5.32 Å². The van der Waals surface area contributed by atoms with Crippen molar-refractivity contribution in [1.82, 2.24) is 5.32 Å². The lowest BCUT2D eigenvalue weighted by atomic mass is 10.1. The number of carbonyl (C=O) groups excluding carboxylic acids is 1. The van der Waals surface area contributed by atoms with Gasteiger partial charge in [0.25, 0.3) is 5.91 Å². The zero-order valence-corrected chi connectivity index (χ0v) is 14.0. The van der Waals surface area contributed by atoms with Crippen LogP contribution < -0.4 is 20.4 Å². The van der Waals surface area contributed by atoms with Crippen LogP contribution in [0.5, 0.6) is 11.5 Å². The number of hydrogen-bond acceptors (Lipinski definition) is 5. The molecule has 132 valence electrons. The zero-order chi connectivity index (χ0) is 17.9. The third-order valence-electron chi connectivity index (χ3n) is 4.25. The van der Waals surface area contributed by atoms with Crippen LogP contribution in [0.3, 0.4) is 0 Å². The van der Waals surface area contributed by atoms with Crippen LogP contribution in [0.25, 0.3) is 11.0 Å². The maximum Gasteiger partial charge on any atom is 0.349 e. The number of benzene rings is 2. The zero-order valence-electron chi connectivity index (χ0n) is 14.0. The van der Waals surface area contributed by atoms with Gasteiger partial charge in [-0.05, 0) is 42.7 Å². The third-order valence-corrected chi connectivity index (χ3v) is 4.25. The van der Waals surface area contributed by atoms with Crippen molar-refractivity contribution in [3.05, 3.63) is 70.1 Å². The number of rotatable bonds is 5. The summed E-state index contributed by atoms with van der Waals surface area (Å²) in [6.45, 7) is 0.711. The Morgan fingerprint density at radius 3 is 2.81 bits per heavy atom. The van der Waals surface area contributed by atoms with Crippen LogP contribution in [0.15, 0.2) is 57.7 Å². The van der Waals surface area contributed by atoms with Crippen LogP contribution in [0.4, 0.5) is 0 Å². The van der Waals surface area contributed by atoms with Crippen molar-refractivity contribution in [2.75, 3.05) is 13.3 Å². The highest BCUT2D eigenvalue weighted by atomic mass is 16.7. The lowest BCUT2D eigenvalue weighted by molar-refractivity contribution is 0.0949. The van der Waals surface area contributed by atoms with Crippen molar-refractivity contribution >= 4 is 16.9 Å². The van der Waals surface area contributed by atoms with E-state index in [0.717, 1.165) is 35.3 Å². The molecule has 0 aliphatic carbocycles. The largest absolute Gasteiger partial charge is 0.454 e. The molecule has 0 spiro atoms. The maximum absolute atomic E-state index is 12.3. The Labute approximate surface area is 149 Å². The monoisotopic (exact) mass is 351 g/mol. The Bertz CT molecular complexity index is 1020. The molecule has 1 N–H and O–H groups in total. The second kappa shape index (κ2) is 6.92. The van der Waals surface area contributed by atoms with E-state index in [-0.39, 0.29) is 12.4 Å². The number of hydrogen-bond donors (Lipinski definition) is 1. The molecule has 0 fully saturated rings. The van der Waals surface area contributed by atoms with Gasteiger partial charge in [0.15, 0.2) is 11.5 Å². The summed E-state index contributed by atoms with van der Waals surface area (Å²) in [6.07, 6.45) is 1.52. The van der Waals surface area contributed by atoms with Crippen molar-refractivity contribution in [3.63, 3.8) is 0 Å². The first-order valence-electron chi connectivity index (χ1n) is 8.40. The molecule has 0 unspecified atom stereocenters. The van der Waals surface area contributed by atoms with Crippen molar-refractivity contribution in [3.8, 4) is 11.5 Å². The van der Waals surface area contributed by atoms with Gasteiger partial charge in [0.2, 0.25) is 6.79 Å². The van der Waals surface area contributed by atoms with Crippen LogP contribution >= 0.6 is 0 Å². The number of amides is 1. The number of carbonyl (C=O) groups is 1. The predicted molar refractivity (Wildman–Crippen MR) is 95.7 cm³/mol. The van der Waals surface area contributed by atoms with E-state index in [1.165, 1.54) is 0 Å². The van der Waals surface area contributed by atoms with E-state index in [4.69, 9.17) is 13.9 Å². The van der Waals surface area contributed by atoms with Gasteiger partial charge in [-0.3, -0.25) is 4.79 Å².